The van der Waals surface area contributed by atoms with E-state index < -0.39 is 27.9 Å². The molecule has 1 atom stereocenters. The molecule has 1 fully saturated rings. The number of carbonyl (C=O) groups is 1. The summed E-state index contributed by atoms with van der Waals surface area (Å²) in [5, 5.41) is 0.0485. The lowest BCUT2D eigenvalue weighted by atomic mass is 10.2. The molecule has 1 aliphatic rings. The number of hydrogen-bond donors (Lipinski definition) is 0. The van der Waals surface area contributed by atoms with Crippen LogP contribution in [0.15, 0.2) is 18.2 Å². The van der Waals surface area contributed by atoms with Gasteiger partial charge in [0.1, 0.15) is 11.9 Å². The Bertz CT molecular complexity index is 650. The first-order valence-corrected chi connectivity index (χ1v) is 8.35. The summed E-state index contributed by atoms with van der Waals surface area (Å²) in [5.41, 5.74) is 0.300. The highest BCUT2D eigenvalue weighted by atomic mass is 35.5. The summed E-state index contributed by atoms with van der Waals surface area (Å²) < 4.78 is 43.6. The molecule has 0 amide bonds. The molecule has 1 heterocycles. The Morgan fingerprint density at radius 2 is 2.24 bits per heavy atom. The molecule has 0 aliphatic carbocycles. The van der Waals surface area contributed by atoms with Crippen molar-refractivity contribution in [2.45, 2.75) is 24.6 Å². The van der Waals surface area contributed by atoms with Crippen LogP contribution in [0.25, 0.3) is 0 Å². The second-order valence-electron chi connectivity index (χ2n) is 4.78. The number of halogens is 2. The van der Waals surface area contributed by atoms with Crippen LogP contribution < -0.4 is 0 Å². The molecule has 1 aromatic rings. The maximum absolute atomic E-state index is 13.0. The highest BCUT2D eigenvalue weighted by molar-refractivity contribution is 7.88. The summed E-state index contributed by atoms with van der Waals surface area (Å²) >= 11 is 5.85. The number of hydrogen-bond acceptors (Lipinski definition) is 4. The normalized spacial score (nSPS) is 19.7. The van der Waals surface area contributed by atoms with E-state index in [0.29, 0.717) is 18.4 Å². The van der Waals surface area contributed by atoms with Crippen molar-refractivity contribution in [1.29, 1.82) is 0 Å². The fourth-order valence-corrected chi connectivity index (χ4v) is 4.47. The van der Waals surface area contributed by atoms with E-state index >= 15 is 0 Å². The van der Waals surface area contributed by atoms with Crippen molar-refractivity contribution in [3.63, 3.8) is 0 Å². The zero-order chi connectivity index (χ0) is 15.6. The lowest BCUT2D eigenvalue weighted by Gasteiger charge is -2.22. The van der Waals surface area contributed by atoms with Crippen LogP contribution in [-0.4, -0.2) is 38.4 Å². The molecule has 21 heavy (non-hydrogen) atoms. The van der Waals surface area contributed by atoms with Gasteiger partial charge >= 0.3 is 5.97 Å². The van der Waals surface area contributed by atoms with E-state index in [2.05, 4.69) is 4.74 Å². The lowest BCUT2D eigenvalue weighted by Crippen LogP contribution is -2.41. The summed E-state index contributed by atoms with van der Waals surface area (Å²) in [5.74, 6) is -1.48. The Balaban J connectivity index is 2.23. The molecule has 0 spiro atoms. The number of esters is 1. The minimum Gasteiger partial charge on any atom is -0.468 e. The zero-order valence-corrected chi connectivity index (χ0v) is 13.0. The Labute approximate surface area is 127 Å². The van der Waals surface area contributed by atoms with Crippen LogP contribution in [0.5, 0.6) is 0 Å². The molecule has 0 unspecified atom stereocenters. The number of nitrogens with zero attached hydrogens (tertiary/aromatic N) is 1. The van der Waals surface area contributed by atoms with Gasteiger partial charge in [-0.15, -0.1) is 0 Å². The third kappa shape index (κ3) is 3.53. The second kappa shape index (κ2) is 6.29. The Morgan fingerprint density at radius 1 is 1.52 bits per heavy atom. The SMILES string of the molecule is COC(=O)[C@@H]1CCCN1S(=O)(=O)Cc1ccc(F)cc1Cl. The topological polar surface area (TPSA) is 63.7 Å². The quantitative estimate of drug-likeness (QED) is 0.789. The van der Waals surface area contributed by atoms with E-state index in [4.69, 9.17) is 11.6 Å². The van der Waals surface area contributed by atoms with Gasteiger partial charge in [-0.05, 0) is 30.5 Å². The van der Waals surface area contributed by atoms with Gasteiger partial charge in [0.05, 0.1) is 12.9 Å². The summed E-state index contributed by atoms with van der Waals surface area (Å²) in [6.07, 6.45) is 1.03. The molecular formula is C13H15ClFNO4S. The predicted molar refractivity (Wildman–Crippen MR) is 75.8 cm³/mol. The van der Waals surface area contributed by atoms with Gasteiger partial charge in [0.15, 0.2) is 0 Å². The first-order valence-electron chi connectivity index (χ1n) is 6.36. The number of carbonyl (C=O) groups excluding carboxylic acids is 1. The van der Waals surface area contributed by atoms with Gasteiger partial charge in [-0.3, -0.25) is 4.79 Å². The molecule has 0 aromatic heterocycles. The largest absolute Gasteiger partial charge is 0.468 e. The van der Waals surface area contributed by atoms with E-state index in [9.17, 15) is 17.6 Å². The summed E-state index contributed by atoms with van der Waals surface area (Å²) in [6, 6.07) is 2.75. The number of rotatable bonds is 4. The third-order valence-electron chi connectivity index (χ3n) is 3.39. The first-order chi connectivity index (χ1) is 9.85. The molecule has 1 saturated heterocycles. The summed E-state index contributed by atoms with van der Waals surface area (Å²) in [6.45, 7) is 0.265. The van der Waals surface area contributed by atoms with E-state index in [0.717, 1.165) is 16.4 Å². The molecule has 8 heteroatoms. The van der Waals surface area contributed by atoms with E-state index in [1.54, 1.807) is 0 Å². The van der Waals surface area contributed by atoms with Gasteiger partial charge in [-0.25, -0.2) is 12.8 Å². The number of benzene rings is 1. The van der Waals surface area contributed by atoms with Crippen molar-refractivity contribution in [1.82, 2.24) is 4.31 Å². The summed E-state index contributed by atoms with van der Waals surface area (Å²) in [7, 11) is -2.50. The van der Waals surface area contributed by atoms with Crippen molar-refractivity contribution < 1.29 is 22.3 Å². The third-order valence-corrected chi connectivity index (χ3v) is 5.57. The fourth-order valence-electron chi connectivity index (χ4n) is 2.36. The number of sulfonamides is 1. The van der Waals surface area contributed by atoms with E-state index in [1.807, 2.05) is 0 Å². The maximum Gasteiger partial charge on any atom is 0.324 e. The average Bonchev–Trinajstić information content (AvgIpc) is 2.91. The van der Waals surface area contributed by atoms with Crippen molar-refractivity contribution in [2.75, 3.05) is 13.7 Å². The van der Waals surface area contributed by atoms with Crippen molar-refractivity contribution in [3.8, 4) is 0 Å². The van der Waals surface area contributed by atoms with Crippen LogP contribution in [-0.2, 0) is 25.3 Å². The zero-order valence-electron chi connectivity index (χ0n) is 11.4. The van der Waals surface area contributed by atoms with Crippen molar-refractivity contribution in [2.24, 2.45) is 0 Å². The molecule has 0 radical (unpaired) electrons. The van der Waals surface area contributed by atoms with Crippen molar-refractivity contribution >= 4 is 27.6 Å². The van der Waals surface area contributed by atoms with Crippen LogP contribution in [0.3, 0.4) is 0 Å². The molecule has 0 saturated carbocycles. The molecule has 1 aliphatic heterocycles. The van der Waals surface area contributed by atoms with Crippen LogP contribution in [0.2, 0.25) is 5.02 Å². The monoisotopic (exact) mass is 335 g/mol. The highest BCUT2D eigenvalue weighted by Crippen LogP contribution is 2.26. The molecule has 2 rings (SSSR count). The number of ether oxygens (including phenoxy) is 1. The fraction of sp³-hybridized carbons (Fsp3) is 0.462. The molecule has 0 N–H and O–H groups in total. The predicted octanol–water partition coefficient (Wildman–Crippen LogP) is 1.95. The summed E-state index contributed by atoms with van der Waals surface area (Å²) in [4.78, 5) is 11.6. The average molecular weight is 336 g/mol. The van der Waals surface area contributed by atoms with Crippen LogP contribution in [0.1, 0.15) is 18.4 Å². The van der Waals surface area contributed by atoms with Gasteiger partial charge in [-0.2, -0.15) is 4.31 Å². The highest BCUT2D eigenvalue weighted by Gasteiger charge is 2.39. The van der Waals surface area contributed by atoms with E-state index in [-0.39, 0.29) is 17.3 Å². The minimum absolute atomic E-state index is 0.0485. The van der Waals surface area contributed by atoms with Crippen LogP contribution in [0, 0.1) is 5.82 Å². The van der Waals surface area contributed by atoms with Crippen LogP contribution >= 0.6 is 11.6 Å². The van der Waals surface area contributed by atoms with Crippen molar-refractivity contribution in [3.05, 3.63) is 34.6 Å². The van der Waals surface area contributed by atoms with Gasteiger partial charge in [0.2, 0.25) is 10.0 Å². The molecule has 116 valence electrons. The maximum atomic E-state index is 13.0. The second-order valence-corrected chi connectivity index (χ2v) is 7.11. The van der Waals surface area contributed by atoms with Crippen LogP contribution in [0.4, 0.5) is 4.39 Å². The Hall–Kier alpha value is -1.18. The Kier molecular flexibility index (Phi) is 4.85. The van der Waals surface area contributed by atoms with Gasteiger partial charge in [0.25, 0.3) is 0 Å². The standard InChI is InChI=1S/C13H15ClFNO4S/c1-20-13(17)12-3-2-6-16(12)21(18,19)8-9-4-5-10(15)7-11(9)14/h4-5,7,12H,2-3,6,8H2,1H3/t12-/m0/s1. The lowest BCUT2D eigenvalue weighted by molar-refractivity contribution is -0.144. The Morgan fingerprint density at radius 3 is 2.86 bits per heavy atom. The van der Waals surface area contributed by atoms with Gasteiger partial charge in [-0.1, -0.05) is 17.7 Å². The smallest absolute Gasteiger partial charge is 0.324 e. The number of methoxy groups -OCH3 is 1. The molecule has 5 nitrogen and oxygen atoms in total. The first kappa shape index (κ1) is 16.2. The van der Waals surface area contributed by atoms with E-state index in [1.165, 1.54) is 13.2 Å². The van der Waals surface area contributed by atoms with Gasteiger partial charge < -0.3 is 4.74 Å². The minimum atomic E-state index is -3.73. The molecular weight excluding hydrogens is 321 g/mol. The molecule has 1 aromatic carbocycles. The molecule has 0 bridgehead atoms. The van der Waals surface area contributed by atoms with Gasteiger partial charge in [0, 0.05) is 11.6 Å².